The third-order valence-corrected chi connectivity index (χ3v) is 3.11. The lowest BCUT2D eigenvalue weighted by molar-refractivity contribution is 0.429. The van der Waals surface area contributed by atoms with Crippen molar-refractivity contribution in [3.8, 4) is 0 Å². The molecule has 0 amide bonds. The Hall–Kier alpha value is -1.40. The van der Waals surface area contributed by atoms with E-state index in [0.29, 0.717) is 11.1 Å². The van der Waals surface area contributed by atoms with Gasteiger partial charge in [0.2, 0.25) is 5.89 Å². The minimum atomic E-state index is -0.000279. The lowest BCUT2D eigenvalue weighted by Gasteiger charge is -2.07. The Balaban J connectivity index is 2.08. The molecule has 5 nitrogen and oxygen atoms in total. The van der Waals surface area contributed by atoms with Crippen LogP contribution in [0, 0.1) is 6.92 Å². The normalized spacial score (nSPS) is 12.6. The average Bonchev–Trinajstić information content (AvgIpc) is 2.75. The number of pyridine rings is 1. The van der Waals surface area contributed by atoms with Gasteiger partial charge in [-0.15, -0.1) is 10.2 Å². The molecule has 0 aliphatic rings. The molecule has 0 unspecified atom stereocenters. The van der Waals surface area contributed by atoms with Crippen molar-refractivity contribution in [2.45, 2.75) is 36.4 Å². The van der Waals surface area contributed by atoms with E-state index in [9.17, 15) is 0 Å². The molecule has 2 N–H and O–H groups in total. The van der Waals surface area contributed by atoms with Crippen LogP contribution in [0.2, 0.25) is 0 Å². The molecule has 0 aliphatic carbocycles. The lowest BCUT2D eigenvalue weighted by Crippen LogP contribution is -2.10. The van der Waals surface area contributed by atoms with Gasteiger partial charge in [0, 0.05) is 24.1 Å². The van der Waals surface area contributed by atoms with Crippen molar-refractivity contribution in [1.82, 2.24) is 15.2 Å². The summed E-state index contributed by atoms with van der Waals surface area (Å²) in [5.41, 5.74) is 6.79. The van der Waals surface area contributed by atoms with Crippen LogP contribution in [0.3, 0.4) is 0 Å². The summed E-state index contributed by atoms with van der Waals surface area (Å²) in [5.74, 6) is 0.560. The van der Waals surface area contributed by atoms with Crippen LogP contribution >= 0.6 is 11.8 Å². The van der Waals surface area contributed by atoms with Crippen molar-refractivity contribution in [1.29, 1.82) is 0 Å². The van der Waals surface area contributed by atoms with Crippen LogP contribution in [0.25, 0.3) is 0 Å². The van der Waals surface area contributed by atoms with Crippen molar-refractivity contribution in [3.05, 3.63) is 29.9 Å². The number of nitrogens with two attached hydrogens (primary N) is 1. The molecule has 0 fully saturated rings. The number of rotatable bonds is 4. The van der Waals surface area contributed by atoms with Gasteiger partial charge in [0.05, 0.1) is 5.69 Å². The summed E-state index contributed by atoms with van der Waals surface area (Å²) in [5, 5.41) is 8.20. The van der Waals surface area contributed by atoms with E-state index in [2.05, 4.69) is 15.2 Å². The molecule has 2 aromatic heterocycles. The van der Waals surface area contributed by atoms with Crippen LogP contribution < -0.4 is 5.73 Å². The second-order valence-corrected chi connectivity index (χ2v) is 4.65. The third-order valence-electron chi connectivity index (χ3n) is 2.29. The zero-order chi connectivity index (χ0) is 12.3. The highest BCUT2D eigenvalue weighted by molar-refractivity contribution is 7.99. The summed E-state index contributed by atoms with van der Waals surface area (Å²) >= 11 is 1.39. The molecule has 0 aliphatic heterocycles. The summed E-state index contributed by atoms with van der Waals surface area (Å²) < 4.78 is 5.27. The van der Waals surface area contributed by atoms with Gasteiger partial charge in [-0.25, -0.2) is 0 Å². The maximum atomic E-state index is 5.89. The summed E-state index contributed by atoms with van der Waals surface area (Å²) in [7, 11) is 0. The minimum Gasteiger partial charge on any atom is -0.416 e. The van der Waals surface area contributed by atoms with Gasteiger partial charge in [-0.2, -0.15) is 0 Å². The number of hydrogen-bond acceptors (Lipinski definition) is 6. The molecule has 6 heteroatoms. The zero-order valence-electron chi connectivity index (χ0n) is 9.75. The van der Waals surface area contributed by atoms with Crippen LogP contribution in [0.15, 0.2) is 32.9 Å². The van der Waals surface area contributed by atoms with Gasteiger partial charge in [-0.3, -0.25) is 4.98 Å². The largest absolute Gasteiger partial charge is 0.416 e. The highest BCUT2D eigenvalue weighted by Gasteiger charge is 2.07. The summed E-state index contributed by atoms with van der Waals surface area (Å²) in [6, 6.07) is 3.89. The topological polar surface area (TPSA) is 77.8 Å². The van der Waals surface area contributed by atoms with Crippen LogP contribution in [-0.4, -0.2) is 15.2 Å². The summed E-state index contributed by atoms with van der Waals surface area (Å²) in [6.45, 7) is 3.80. The fourth-order valence-electron chi connectivity index (χ4n) is 1.30. The van der Waals surface area contributed by atoms with E-state index < -0.39 is 0 Å². The van der Waals surface area contributed by atoms with Crippen molar-refractivity contribution in [3.63, 3.8) is 0 Å². The molecule has 90 valence electrons. The molecule has 17 heavy (non-hydrogen) atoms. The monoisotopic (exact) mass is 250 g/mol. The van der Waals surface area contributed by atoms with E-state index in [4.69, 9.17) is 10.2 Å². The van der Waals surface area contributed by atoms with Crippen molar-refractivity contribution < 1.29 is 4.42 Å². The van der Waals surface area contributed by atoms with E-state index in [0.717, 1.165) is 17.0 Å². The number of nitrogens with zero attached hydrogens (tertiary/aromatic N) is 3. The van der Waals surface area contributed by atoms with E-state index >= 15 is 0 Å². The highest BCUT2D eigenvalue weighted by atomic mass is 32.2. The van der Waals surface area contributed by atoms with Gasteiger partial charge < -0.3 is 10.2 Å². The Morgan fingerprint density at radius 2 is 2.24 bits per heavy atom. The predicted molar refractivity (Wildman–Crippen MR) is 64.6 cm³/mol. The second-order valence-electron chi connectivity index (χ2n) is 3.62. The van der Waals surface area contributed by atoms with Gasteiger partial charge in [0.25, 0.3) is 5.22 Å². The molecule has 2 heterocycles. The fraction of sp³-hybridized carbons (Fsp3) is 0.364. The van der Waals surface area contributed by atoms with Gasteiger partial charge >= 0.3 is 0 Å². The minimum absolute atomic E-state index is 0.000279. The number of aromatic nitrogens is 3. The Morgan fingerprint density at radius 1 is 1.41 bits per heavy atom. The summed E-state index contributed by atoms with van der Waals surface area (Å²) in [4.78, 5) is 5.28. The smallest absolute Gasteiger partial charge is 0.281 e. The van der Waals surface area contributed by atoms with Crippen molar-refractivity contribution in [2.75, 3.05) is 0 Å². The maximum Gasteiger partial charge on any atom is 0.281 e. The van der Waals surface area contributed by atoms with Crippen molar-refractivity contribution in [2.24, 2.45) is 5.73 Å². The molecule has 0 saturated heterocycles. The average molecular weight is 250 g/mol. The second kappa shape index (κ2) is 5.29. The standard InChI is InChI=1S/C11H14N4OS/c1-3-9(12)10-5-4-8(6-13-10)17-11-15-14-7(2)16-11/h4-6,9H,3,12H2,1-2H3/t9-/m1/s1. The zero-order valence-corrected chi connectivity index (χ0v) is 10.6. The van der Waals surface area contributed by atoms with E-state index in [1.54, 1.807) is 13.1 Å². The lowest BCUT2D eigenvalue weighted by atomic mass is 10.1. The van der Waals surface area contributed by atoms with Gasteiger partial charge in [0.1, 0.15) is 0 Å². The Bertz CT molecular complexity index is 482. The molecule has 1 atom stereocenters. The highest BCUT2D eigenvalue weighted by Crippen LogP contribution is 2.26. The van der Waals surface area contributed by atoms with E-state index in [-0.39, 0.29) is 6.04 Å². The fourth-order valence-corrected chi connectivity index (χ4v) is 1.99. The first kappa shape index (κ1) is 12.1. The third kappa shape index (κ3) is 3.04. The van der Waals surface area contributed by atoms with Gasteiger partial charge in [0.15, 0.2) is 0 Å². The van der Waals surface area contributed by atoms with Crippen molar-refractivity contribution >= 4 is 11.8 Å². The molecular formula is C11H14N4OS. The molecule has 0 aromatic carbocycles. The maximum absolute atomic E-state index is 5.89. The molecular weight excluding hydrogens is 236 g/mol. The van der Waals surface area contributed by atoms with Crippen LogP contribution in [0.5, 0.6) is 0 Å². The predicted octanol–water partition coefficient (Wildman–Crippen LogP) is 2.33. The molecule has 0 saturated carbocycles. The SMILES string of the molecule is CC[C@@H](N)c1ccc(Sc2nnc(C)o2)cn1. The Kier molecular flexibility index (Phi) is 3.75. The first-order valence-corrected chi connectivity index (χ1v) is 6.20. The first-order valence-electron chi connectivity index (χ1n) is 5.38. The van der Waals surface area contributed by atoms with Crippen LogP contribution in [-0.2, 0) is 0 Å². The molecule has 2 rings (SSSR count). The van der Waals surface area contributed by atoms with Gasteiger partial charge in [-0.1, -0.05) is 6.92 Å². The van der Waals surface area contributed by atoms with E-state index in [1.165, 1.54) is 11.8 Å². The van der Waals surface area contributed by atoms with Crippen LogP contribution in [0.1, 0.15) is 31.0 Å². The van der Waals surface area contributed by atoms with Crippen LogP contribution in [0.4, 0.5) is 0 Å². The Morgan fingerprint density at radius 3 is 2.76 bits per heavy atom. The Labute approximate surface area is 104 Å². The summed E-state index contributed by atoms with van der Waals surface area (Å²) in [6.07, 6.45) is 2.65. The first-order chi connectivity index (χ1) is 8.19. The quantitative estimate of drug-likeness (QED) is 0.897. The molecule has 2 aromatic rings. The molecule has 0 radical (unpaired) electrons. The van der Waals surface area contributed by atoms with Gasteiger partial charge in [-0.05, 0) is 30.3 Å². The van der Waals surface area contributed by atoms with E-state index in [1.807, 2.05) is 19.1 Å². The number of hydrogen-bond donors (Lipinski definition) is 1. The molecule has 0 spiro atoms. The molecule has 0 bridgehead atoms. The number of aryl methyl sites for hydroxylation is 1.